The van der Waals surface area contributed by atoms with Crippen molar-refractivity contribution in [1.82, 2.24) is 15.2 Å². The van der Waals surface area contributed by atoms with Crippen molar-refractivity contribution in [2.24, 2.45) is 0 Å². The third-order valence-electron chi connectivity index (χ3n) is 4.20. The highest BCUT2D eigenvalue weighted by Crippen LogP contribution is 2.18. The average molecular weight is 430 g/mol. The zero-order valence-corrected chi connectivity index (χ0v) is 18.1. The van der Waals surface area contributed by atoms with E-state index in [1.807, 2.05) is 56.6 Å². The molecule has 0 fully saturated rings. The largest absolute Gasteiger partial charge is 0.464 e. The molecule has 0 atom stereocenters. The summed E-state index contributed by atoms with van der Waals surface area (Å²) in [5.74, 6) is 4.21. The molecule has 30 heavy (non-hydrogen) atoms. The zero-order chi connectivity index (χ0) is 21.2. The molecule has 0 saturated heterocycles. The fourth-order valence-corrected chi connectivity index (χ4v) is 3.54. The van der Waals surface area contributed by atoms with Crippen molar-refractivity contribution in [2.75, 3.05) is 37.0 Å². The predicted octanol–water partition coefficient (Wildman–Crippen LogP) is 3.64. The number of furan rings is 1. The molecule has 0 aliphatic carbocycles. The number of aromatic nitrogens is 2. The predicted molar refractivity (Wildman–Crippen MR) is 118 cm³/mol. The summed E-state index contributed by atoms with van der Waals surface area (Å²) in [7, 11) is 4.03. The molecule has 9 heteroatoms. The Hall–Kier alpha value is -2.78. The Bertz CT molecular complexity index is 910. The quantitative estimate of drug-likeness (QED) is 0.421. The van der Waals surface area contributed by atoms with Crippen molar-refractivity contribution >= 4 is 29.3 Å². The highest BCUT2D eigenvalue weighted by atomic mass is 32.2. The first-order valence-electron chi connectivity index (χ1n) is 9.80. The molecule has 0 radical (unpaired) electrons. The summed E-state index contributed by atoms with van der Waals surface area (Å²) in [6.45, 7) is 1.46. The van der Waals surface area contributed by atoms with Crippen molar-refractivity contribution in [2.45, 2.75) is 25.1 Å². The molecule has 0 aliphatic rings. The van der Waals surface area contributed by atoms with Gasteiger partial charge in [-0.15, -0.1) is 0 Å². The maximum absolute atomic E-state index is 12.2. The first-order chi connectivity index (χ1) is 14.6. The van der Waals surface area contributed by atoms with Gasteiger partial charge in [0.05, 0.1) is 12.3 Å². The van der Waals surface area contributed by atoms with E-state index in [1.165, 1.54) is 0 Å². The van der Waals surface area contributed by atoms with Crippen molar-refractivity contribution in [3.05, 3.63) is 59.5 Å². The van der Waals surface area contributed by atoms with Crippen LogP contribution in [-0.2, 0) is 23.5 Å². The molecule has 160 valence electrons. The summed E-state index contributed by atoms with van der Waals surface area (Å²) in [6, 6.07) is 13.9. The molecule has 3 rings (SSSR count). The molecule has 0 saturated carbocycles. The van der Waals surface area contributed by atoms with Crippen LogP contribution in [0.5, 0.6) is 0 Å². The smallest absolute Gasteiger partial charge is 0.226 e. The number of nitrogens with zero attached hydrogens (tertiary/aromatic N) is 3. The van der Waals surface area contributed by atoms with E-state index in [-0.39, 0.29) is 5.91 Å². The summed E-state index contributed by atoms with van der Waals surface area (Å²) in [5, 5.41) is 13.5. The van der Waals surface area contributed by atoms with Crippen molar-refractivity contribution in [3.63, 3.8) is 0 Å². The number of amides is 1. The van der Waals surface area contributed by atoms with Gasteiger partial charge in [-0.25, -0.2) is 4.63 Å². The molecule has 1 amide bonds. The molecule has 2 N–H and O–H groups in total. The second kappa shape index (κ2) is 11.4. The zero-order valence-electron chi connectivity index (χ0n) is 17.3. The molecule has 3 aromatic rings. The van der Waals surface area contributed by atoms with E-state index in [0.29, 0.717) is 31.0 Å². The molecule has 8 nitrogen and oxygen atoms in total. The van der Waals surface area contributed by atoms with Crippen LogP contribution in [0, 0.1) is 0 Å². The van der Waals surface area contributed by atoms with E-state index in [2.05, 4.69) is 25.8 Å². The number of carbonyl (C=O) groups is 1. The highest BCUT2D eigenvalue weighted by molar-refractivity contribution is 7.98. The lowest BCUT2D eigenvalue weighted by molar-refractivity contribution is -0.116. The first-order valence-corrected chi connectivity index (χ1v) is 11.0. The van der Waals surface area contributed by atoms with Crippen LogP contribution in [0.15, 0.2) is 51.5 Å². The third kappa shape index (κ3) is 7.23. The van der Waals surface area contributed by atoms with Gasteiger partial charge in [-0.2, -0.15) is 11.8 Å². The molecule has 2 aromatic heterocycles. The molecule has 0 spiro atoms. The molecule has 2 heterocycles. The summed E-state index contributed by atoms with van der Waals surface area (Å²) in [5.41, 5.74) is 1.12. The molecule has 0 bridgehead atoms. The summed E-state index contributed by atoms with van der Waals surface area (Å²) >= 11 is 1.75. The molecule has 1 aromatic carbocycles. The minimum atomic E-state index is -0.127. The van der Waals surface area contributed by atoms with Crippen LogP contribution in [0.2, 0.25) is 0 Å². The van der Waals surface area contributed by atoms with Crippen molar-refractivity contribution < 1.29 is 13.8 Å². The minimum Gasteiger partial charge on any atom is -0.464 e. The number of benzene rings is 1. The normalized spacial score (nSPS) is 11.0. The van der Waals surface area contributed by atoms with Gasteiger partial charge in [0, 0.05) is 18.7 Å². The number of anilines is 2. The molecular weight excluding hydrogens is 402 g/mol. The van der Waals surface area contributed by atoms with Crippen LogP contribution in [0.1, 0.15) is 23.5 Å². The SMILES string of the molecule is CN(C)Cc1ccc(CSCCNc2nonc2NC(=O)CCc2ccccc2)o1. The van der Waals surface area contributed by atoms with E-state index in [9.17, 15) is 4.79 Å². The number of hydrogen-bond acceptors (Lipinski definition) is 8. The van der Waals surface area contributed by atoms with Gasteiger partial charge < -0.3 is 20.0 Å². The molecule has 0 aliphatic heterocycles. The summed E-state index contributed by atoms with van der Waals surface area (Å²) in [4.78, 5) is 14.2. The fourth-order valence-electron chi connectivity index (χ4n) is 2.79. The van der Waals surface area contributed by atoms with E-state index in [0.717, 1.165) is 35.1 Å². The van der Waals surface area contributed by atoms with Gasteiger partial charge >= 0.3 is 0 Å². The van der Waals surface area contributed by atoms with Gasteiger partial charge in [-0.05, 0) is 48.5 Å². The van der Waals surface area contributed by atoms with E-state index >= 15 is 0 Å². The number of hydrogen-bond donors (Lipinski definition) is 2. The van der Waals surface area contributed by atoms with Crippen LogP contribution >= 0.6 is 11.8 Å². The van der Waals surface area contributed by atoms with Gasteiger partial charge in [-0.3, -0.25) is 4.79 Å². The van der Waals surface area contributed by atoms with E-state index < -0.39 is 0 Å². The third-order valence-corrected chi connectivity index (χ3v) is 5.18. The Morgan fingerprint density at radius 1 is 1.07 bits per heavy atom. The van der Waals surface area contributed by atoms with Gasteiger partial charge in [0.15, 0.2) is 0 Å². The second-order valence-electron chi connectivity index (χ2n) is 7.08. The maximum atomic E-state index is 12.2. The number of nitrogens with one attached hydrogen (secondary N) is 2. The lowest BCUT2D eigenvalue weighted by atomic mass is 10.1. The maximum Gasteiger partial charge on any atom is 0.226 e. The van der Waals surface area contributed by atoms with Crippen LogP contribution in [0.4, 0.5) is 11.6 Å². The van der Waals surface area contributed by atoms with E-state index in [1.54, 1.807) is 11.8 Å². The van der Waals surface area contributed by atoms with Gasteiger partial charge in [0.1, 0.15) is 11.5 Å². The number of rotatable bonds is 12. The van der Waals surface area contributed by atoms with E-state index in [4.69, 9.17) is 9.05 Å². The Morgan fingerprint density at radius 2 is 1.83 bits per heavy atom. The Kier molecular flexibility index (Phi) is 8.34. The Balaban J connectivity index is 1.35. The second-order valence-corrected chi connectivity index (χ2v) is 8.19. The first kappa shape index (κ1) is 21.9. The average Bonchev–Trinajstić information content (AvgIpc) is 3.36. The molecular formula is C21H27N5O3S. The Morgan fingerprint density at radius 3 is 2.63 bits per heavy atom. The standard InChI is InChI=1S/C21H27N5O3S/c1-26(2)14-17-9-10-18(28-17)15-30-13-12-22-20-21(25-29-24-20)23-19(27)11-8-16-6-4-3-5-7-16/h3-7,9-10H,8,11-15H2,1-2H3,(H,22,24)(H,23,25,27). The lowest BCUT2D eigenvalue weighted by Gasteiger charge is -2.06. The summed E-state index contributed by atoms with van der Waals surface area (Å²) in [6.07, 6.45) is 1.03. The fraction of sp³-hybridized carbons (Fsp3) is 0.381. The summed E-state index contributed by atoms with van der Waals surface area (Å²) < 4.78 is 10.6. The topological polar surface area (TPSA) is 96.4 Å². The van der Waals surface area contributed by atoms with Gasteiger partial charge in [-0.1, -0.05) is 30.3 Å². The molecule has 0 unspecified atom stereocenters. The van der Waals surface area contributed by atoms with Crippen LogP contribution in [0.3, 0.4) is 0 Å². The highest BCUT2D eigenvalue weighted by Gasteiger charge is 2.13. The number of carbonyl (C=O) groups excluding carboxylic acids is 1. The minimum absolute atomic E-state index is 0.127. The van der Waals surface area contributed by atoms with Crippen molar-refractivity contribution in [1.29, 1.82) is 0 Å². The van der Waals surface area contributed by atoms with Crippen LogP contribution in [-0.4, -0.2) is 47.5 Å². The van der Waals surface area contributed by atoms with Crippen molar-refractivity contribution in [3.8, 4) is 0 Å². The lowest BCUT2D eigenvalue weighted by Crippen LogP contribution is -2.15. The van der Waals surface area contributed by atoms with Gasteiger partial charge in [0.25, 0.3) is 0 Å². The number of aryl methyl sites for hydroxylation is 1. The number of thioether (sulfide) groups is 1. The van der Waals surface area contributed by atoms with Crippen LogP contribution < -0.4 is 10.6 Å². The Labute approximate surface area is 180 Å². The van der Waals surface area contributed by atoms with Crippen LogP contribution in [0.25, 0.3) is 0 Å². The monoisotopic (exact) mass is 429 g/mol. The van der Waals surface area contributed by atoms with Gasteiger partial charge in [0.2, 0.25) is 17.5 Å².